The van der Waals surface area contributed by atoms with Gasteiger partial charge in [0.2, 0.25) is 0 Å². The molecule has 0 spiro atoms. The molecular formula is C27H32N8. The van der Waals surface area contributed by atoms with Crippen LogP contribution >= 0.6 is 0 Å². The highest BCUT2D eigenvalue weighted by Crippen LogP contribution is 2.40. The van der Waals surface area contributed by atoms with Gasteiger partial charge >= 0.3 is 0 Å². The molecule has 2 N–H and O–H groups in total. The van der Waals surface area contributed by atoms with Crippen LogP contribution in [-0.2, 0) is 6.54 Å². The van der Waals surface area contributed by atoms with Gasteiger partial charge in [0.1, 0.15) is 6.33 Å². The third-order valence-corrected chi connectivity index (χ3v) is 7.75. The quantitative estimate of drug-likeness (QED) is 0.374. The molecule has 1 saturated heterocycles. The number of aromatic amines is 2. The second kappa shape index (κ2) is 8.61. The van der Waals surface area contributed by atoms with Gasteiger partial charge in [0, 0.05) is 29.2 Å². The van der Waals surface area contributed by atoms with Crippen molar-refractivity contribution >= 4 is 16.6 Å². The zero-order valence-electron chi connectivity index (χ0n) is 20.8. The van der Waals surface area contributed by atoms with E-state index in [1.54, 1.807) is 6.33 Å². The van der Waals surface area contributed by atoms with Crippen LogP contribution in [0.15, 0.2) is 36.9 Å². The number of aryl methyl sites for hydroxylation is 1. The number of benzene rings is 1. The van der Waals surface area contributed by atoms with E-state index in [1.165, 1.54) is 57.3 Å². The molecule has 0 saturated carbocycles. The van der Waals surface area contributed by atoms with E-state index in [-0.39, 0.29) is 0 Å². The maximum absolute atomic E-state index is 4.43. The van der Waals surface area contributed by atoms with Crippen molar-refractivity contribution in [3.63, 3.8) is 0 Å². The van der Waals surface area contributed by atoms with Gasteiger partial charge in [0.25, 0.3) is 0 Å². The molecular weight excluding hydrogens is 436 g/mol. The number of H-pyrrole nitrogens is 2. The predicted molar refractivity (Wildman–Crippen MR) is 137 cm³/mol. The molecule has 35 heavy (non-hydrogen) atoms. The average molecular weight is 469 g/mol. The van der Waals surface area contributed by atoms with E-state index >= 15 is 0 Å². The number of nitrogens with zero attached hydrogens (tertiary/aromatic N) is 6. The van der Waals surface area contributed by atoms with Gasteiger partial charge in [-0.25, -0.2) is 9.50 Å². The number of likely N-dealkylation sites (tertiary alicyclic amines) is 1. The number of nitrogens with one attached hydrogen (secondary N) is 2. The lowest BCUT2D eigenvalue weighted by Crippen LogP contribution is -2.32. The van der Waals surface area contributed by atoms with Gasteiger partial charge in [-0.3, -0.25) is 4.90 Å². The van der Waals surface area contributed by atoms with Crippen molar-refractivity contribution in [2.75, 3.05) is 13.1 Å². The Bertz CT molecular complexity index is 1480. The highest BCUT2D eigenvalue weighted by Gasteiger charge is 2.24. The van der Waals surface area contributed by atoms with E-state index in [4.69, 9.17) is 0 Å². The van der Waals surface area contributed by atoms with Crippen LogP contribution < -0.4 is 0 Å². The lowest BCUT2D eigenvalue weighted by Gasteiger charge is -2.31. The lowest BCUT2D eigenvalue weighted by molar-refractivity contribution is 0.202. The largest absolute Gasteiger partial charge is 0.354 e. The maximum atomic E-state index is 4.43. The van der Waals surface area contributed by atoms with Crippen LogP contribution in [0.3, 0.4) is 0 Å². The zero-order chi connectivity index (χ0) is 24.1. The molecule has 1 aromatic carbocycles. The normalized spacial score (nSPS) is 15.7. The van der Waals surface area contributed by atoms with Gasteiger partial charge in [0.05, 0.1) is 17.6 Å². The van der Waals surface area contributed by atoms with Gasteiger partial charge < -0.3 is 4.98 Å². The van der Waals surface area contributed by atoms with Crippen LogP contribution in [0.25, 0.3) is 27.8 Å². The van der Waals surface area contributed by atoms with Gasteiger partial charge in [-0.15, -0.1) is 0 Å². The van der Waals surface area contributed by atoms with Crippen molar-refractivity contribution in [3.05, 3.63) is 64.9 Å². The minimum Gasteiger partial charge on any atom is -0.354 e. The van der Waals surface area contributed by atoms with E-state index in [0.29, 0.717) is 11.8 Å². The summed E-state index contributed by atoms with van der Waals surface area (Å²) in [5, 5.41) is 16.6. The maximum Gasteiger partial charge on any atom is 0.158 e. The number of piperidine rings is 1. The van der Waals surface area contributed by atoms with Crippen molar-refractivity contribution in [2.24, 2.45) is 0 Å². The smallest absolute Gasteiger partial charge is 0.158 e. The third-order valence-electron chi connectivity index (χ3n) is 7.75. The Morgan fingerprint density at radius 3 is 2.69 bits per heavy atom. The SMILES string of the molecule is Cc1c(-c2[nH]c3ccc(C4CCN(Cc5cn[nH]n5)CC4)cc3c2C(C)C)cn2ncnc2c1C. The minimum atomic E-state index is 0.393. The average Bonchev–Trinajstić information content (AvgIpc) is 3.61. The predicted octanol–water partition coefficient (Wildman–Crippen LogP) is 5.12. The number of fused-ring (bicyclic) bond motifs is 2. The monoisotopic (exact) mass is 468 g/mol. The Balaban J connectivity index is 1.34. The number of hydrogen-bond acceptors (Lipinski definition) is 5. The summed E-state index contributed by atoms with van der Waals surface area (Å²) in [5.41, 5.74) is 10.8. The molecule has 0 amide bonds. The van der Waals surface area contributed by atoms with Crippen LogP contribution in [0.5, 0.6) is 0 Å². The summed E-state index contributed by atoms with van der Waals surface area (Å²) in [7, 11) is 0. The molecule has 180 valence electrons. The van der Waals surface area contributed by atoms with Crippen LogP contribution in [0.2, 0.25) is 0 Å². The molecule has 1 aliphatic heterocycles. The van der Waals surface area contributed by atoms with E-state index < -0.39 is 0 Å². The summed E-state index contributed by atoms with van der Waals surface area (Å²) in [4.78, 5) is 10.7. The molecule has 0 atom stereocenters. The first kappa shape index (κ1) is 22.0. The number of aromatic nitrogens is 7. The van der Waals surface area contributed by atoms with E-state index in [1.807, 2.05) is 10.7 Å². The molecule has 0 aliphatic carbocycles. The Morgan fingerprint density at radius 2 is 1.94 bits per heavy atom. The molecule has 1 aliphatic rings. The fraction of sp³-hybridized carbons (Fsp3) is 0.407. The zero-order valence-corrected chi connectivity index (χ0v) is 20.8. The number of hydrogen-bond donors (Lipinski definition) is 2. The molecule has 8 heteroatoms. The van der Waals surface area contributed by atoms with Crippen molar-refractivity contribution in [3.8, 4) is 11.3 Å². The van der Waals surface area contributed by atoms with E-state index in [2.05, 4.69) is 87.5 Å². The Kier molecular flexibility index (Phi) is 5.40. The minimum absolute atomic E-state index is 0.393. The summed E-state index contributed by atoms with van der Waals surface area (Å²) in [5.74, 6) is 0.978. The first-order chi connectivity index (χ1) is 17.0. The van der Waals surface area contributed by atoms with Crippen LogP contribution in [0.4, 0.5) is 0 Å². The van der Waals surface area contributed by atoms with Gasteiger partial charge in [-0.2, -0.15) is 20.5 Å². The fourth-order valence-corrected chi connectivity index (χ4v) is 5.71. The highest BCUT2D eigenvalue weighted by molar-refractivity contribution is 5.92. The Hall–Kier alpha value is -3.52. The number of pyridine rings is 1. The highest BCUT2D eigenvalue weighted by atomic mass is 15.3. The first-order valence-corrected chi connectivity index (χ1v) is 12.5. The van der Waals surface area contributed by atoms with Crippen molar-refractivity contribution < 1.29 is 0 Å². The second-order valence-corrected chi connectivity index (χ2v) is 10.2. The Morgan fingerprint density at radius 1 is 1.11 bits per heavy atom. The van der Waals surface area contributed by atoms with Crippen molar-refractivity contribution in [1.82, 2.24) is 39.9 Å². The molecule has 0 radical (unpaired) electrons. The summed E-state index contributed by atoms with van der Waals surface area (Å²) in [6, 6.07) is 7.04. The van der Waals surface area contributed by atoms with Gasteiger partial charge in [-0.1, -0.05) is 19.9 Å². The molecule has 8 nitrogen and oxygen atoms in total. The molecule has 5 heterocycles. The number of rotatable bonds is 5. The molecule has 4 aromatic heterocycles. The first-order valence-electron chi connectivity index (χ1n) is 12.5. The summed E-state index contributed by atoms with van der Waals surface area (Å²) in [6.07, 6.45) is 7.90. The van der Waals surface area contributed by atoms with Crippen molar-refractivity contribution in [2.45, 2.75) is 58.9 Å². The molecule has 0 bridgehead atoms. The topological polar surface area (TPSA) is 90.8 Å². The van der Waals surface area contributed by atoms with Crippen LogP contribution in [0.1, 0.15) is 66.5 Å². The van der Waals surface area contributed by atoms with Crippen LogP contribution in [0, 0.1) is 13.8 Å². The van der Waals surface area contributed by atoms with Gasteiger partial charge in [0.15, 0.2) is 5.65 Å². The third kappa shape index (κ3) is 3.82. The van der Waals surface area contributed by atoms with E-state index in [9.17, 15) is 0 Å². The standard InChI is InChI=1S/C27H32N8/c1-16(2)25-22-11-20(19-7-9-34(10-8-19)13-21-12-29-33-32-21)5-6-24(22)31-26(25)23-14-35-27(28-15-30-35)18(4)17(23)3/h5-6,11-12,14-16,19,31H,7-10,13H2,1-4H3,(H,29,32,33). The summed E-state index contributed by atoms with van der Waals surface area (Å²) in [6.45, 7) is 11.9. The molecule has 6 rings (SSSR count). The Labute approximate surface area is 204 Å². The van der Waals surface area contributed by atoms with Gasteiger partial charge in [-0.05, 0) is 86.0 Å². The molecule has 5 aromatic rings. The molecule has 0 unspecified atom stereocenters. The van der Waals surface area contributed by atoms with Crippen LogP contribution in [-0.4, -0.2) is 53.0 Å². The van der Waals surface area contributed by atoms with E-state index in [0.717, 1.165) is 31.0 Å². The lowest BCUT2D eigenvalue weighted by atomic mass is 9.87. The summed E-state index contributed by atoms with van der Waals surface area (Å²) >= 11 is 0. The molecule has 1 fully saturated rings. The fourth-order valence-electron chi connectivity index (χ4n) is 5.71. The summed E-state index contributed by atoms with van der Waals surface area (Å²) < 4.78 is 1.89. The second-order valence-electron chi connectivity index (χ2n) is 10.2. The van der Waals surface area contributed by atoms with Crippen molar-refractivity contribution in [1.29, 1.82) is 0 Å².